The van der Waals surface area contributed by atoms with Crippen molar-refractivity contribution in [3.05, 3.63) is 17.7 Å². The number of likely N-dealkylation sites (tertiary alicyclic amines) is 2. The Hall–Kier alpha value is -2.52. The van der Waals surface area contributed by atoms with Crippen LogP contribution in [0.15, 0.2) is 12.1 Å². The monoisotopic (exact) mass is 502 g/mol. The van der Waals surface area contributed by atoms with E-state index in [-0.39, 0.29) is 11.8 Å². The summed E-state index contributed by atoms with van der Waals surface area (Å²) in [5.74, 6) is 1.97. The van der Waals surface area contributed by atoms with Crippen LogP contribution in [-0.4, -0.2) is 118 Å². The Morgan fingerprint density at radius 2 is 1.36 bits per heavy atom. The Morgan fingerprint density at radius 3 is 1.86 bits per heavy atom. The SMILES string of the molecule is CCN1CCN(C(=O)C2CCN(C3CCN(C(=O)c4cc(OC)c(OC)c(OC)c4)CC3)CC2)CC1. The molecule has 3 fully saturated rings. The van der Waals surface area contributed by atoms with Crippen LogP contribution in [0.1, 0.15) is 43.0 Å². The number of piperazine rings is 1. The van der Waals surface area contributed by atoms with Gasteiger partial charge in [0.25, 0.3) is 5.91 Å². The maximum Gasteiger partial charge on any atom is 0.254 e. The summed E-state index contributed by atoms with van der Waals surface area (Å²) in [6.07, 6.45) is 3.79. The van der Waals surface area contributed by atoms with Crippen LogP contribution in [0.5, 0.6) is 17.2 Å². The summed E-state index contributed by atoms with van der Waals surface area (Å²) in [7, 11) is 4.67. The van der Waals surface area contributed by atoms with Gasteiger partial charge in [-0.3, -0.25) is 9.59 Å². The lowest BCUT2D eigenvalue weighted by Gasteiger charge is -2.43. The van der Waals surface area contributed by atoms with E-state index in [1.165, 1.54) is 0 Å². The molecule has 0 spiro atoms. The molecule has 200 valence electrons. The van der Waals surface area contributed by atoms with Crippen LogP contribution in [0.3, 0.4) is 0 Å². The lowest BCUT2D eigenvalue weighted by Crippen LogP contribution is -2.53. The molecule has 3 aliphatic rings. The average molecular weight is 503 g/mol. The molecule has 4 rings (SSSR count). The Kier molecular flexibility index (Phi) is 8.95. The largest absolute Gasteiger partial charge is 0.493 e. The molecule has 1 aromatic carbocycles. The first-order chi connectivity index (χ1) is 17.5. The fourth-order valence-corrected chi connectivity index (χ4v) is 5.88. The Labute approximate surface area is 215 Å². The molecule has 0 aromatic heterocycles. The molecule has 0 aliphatic carbocycles. The number of likely N-dealkylation sites (N-methyl/N-ethyl adjacent to an activating group) is 1. The number of amides is 2. The first kappa shape index (κ1) is 26.5. The van der Waals surface area contributed by atoms with Crippen molar-refractivity contribution in [1.29, 1.82) is 0 Å². The molecule has 0 atom stereocenters. The zero-order valence-electron chi connectivity index (χ0n) is 22.3. The van der Waals surface area contributed by atoms with Crippen LogP contribution in [0.4, 0.5) is 0 Å². The van der Waals surface area contributed by atoms with Crippen molar-refractivity contribution in [2.75, 3.05) is 80.2 Å². The van der Waals surface area contributed by atoms with E-state index < -0.39 is 0 Å². The topological polar surface area (TPSA) is 74.8 Å². The van der Waals surface area contributed by atoms with Gasteiger partial charge in [-0.25, -0.2) is 0 Å². The van der Waals surface area contributed by atoms with Crippen LogP contribution >= 0.6 is 0 Å². The summed E-state index contributed by atoms with van der Waals surface area (Å²) in [6, 6.07) is 3.91. The molecule has 3 saturated heterocycles. The highest BCUT2D eigenvalue weighted by atomic mass is 16.5. The first-order valence-corrected chi connectivity index (χ1v) is 13.3. The zero-order chi connectivity index (χ0) is 25.7. The fraction of sp³-hybridized carbons (Fsp3) is 0.704. The molecule has 9 heteroatoms. The number of benzene rings is 1. The molecule has 0 saturated carbocycles. The number of nitrogens with zero attached hydrogens (tertiary/aromatic N) is 4. The lowest BCUT2D eigenvalue weighted by molar-refractivity contribution is -0.139. The first-order valence-electron chi connectivity index (χ1n) is 13.3. The molecule has 2 amide bonds. The lowest BCUT2D eigenvalue weighted by atomic mass is 9.92. The van der Waals surface area contributed by atoms with Gasteiger partial charge in [-0.05, 0) is 57.5 Å². The van der Waals surface area contributed by atoms with Crippen molar-refractivity contribution in [2.45, 2.75) is 38.6 Å². The minimum Gasteiger partial charge on any atom is -0.493 e. The third-order valence-electron chi connectivity index (χ3n) is 8.19. The quantitative estimate of drug-likeness (QED) is 0.566. The summed E-state index contributed by atoms with van der Waals surface area (Å²) in [4.78, 5) is 35.2. The molecule has 0 unspecified atom stereocenters. The highest BCUT2D eigenvalue weighted by molar-refractivity contribution is 5.95. The van der Waals surface area contributed by atoms with Crippen molar-refractivity contribution in [2.24, 2.45) is 5.92 Å². The van der Waals surface area contributed by atoms with Gasteiger partial charge in [-0.15, -0.1) is 0 Å². The summed E-state index contributed by atoms with van der Waals surface area (Å²) < 4.78 is 16.2. The van der Waals surface area contributed by atoms with Crippen LogP contribution in [-0.2, 0) is 4.79 Å². The van der Waals surface area contributed by atoms with E-state index in [9.17, 15) is 9.59 Å². The van der Waals surface area contributed by atoms with Crippen molar-refractivity contribution in [1.82, 2.24) is 19.6 Å². The summed E-state index contributed by atoms with van der Waals surface area (Å²) in [5.41, 5.74) is 0.544. The van der Waals surface area contributed by atoms with Gasteiger partial charge in [0.15, 0.2) is 11.5 Å². The van der Waals surface area contributed by atoms with Crippen LogP contribution < -0.4 is 14.2 Å². The van der Waals surface area contributed by atoms with Crippen LogP contribution in [0.25, 0.3) is 0 Å². The molecule has 0 N–H and O–H groups in total. The van der Waals surface area contributed by atoms with E-state index >= 15 is 0 Å². The van der Waals surface area contributed by atoms with E-state index in [0.29, 0.717) is 34.8 Å². The Balaban J connectivity index is 1.26. The van der Waals surface area contributed by atoms with E-state index in [1.54, 1.807) is 33.5 Å². The van der Waals surface area contributed by atoms with Crippen LogP contribution in [0, 0.1) is 5.92 Å². The molecule has 9 nitrogen and oxygen atoms in total. The second kappa shape index (κ2) is 12.1. The minimum absolute atomic E-state index is 0.0137. The predicted octanol–water partition coefficient (Wildman–Crippen LogP) is 2.19. The number of hydrogen-bond acceptors (Lipinski definition) is 7. The second-order valence-electron chi connectivity index (χ2n) is 10.0. The maximum atomic E-state index is 13.2. The predicted molar refractivity (Wildman–Crippen MR) is 138 cm³/mol. The molecular formula is C27H42N4O5. The van der Waals surface area contributed by atoms with Gasteiger partial charge in [0, 0.05) is 56.8 Å². The zero-order valence-corrected chi connectivity index (χ0v) is 22.3. The number of methoxy groups -OCH3 is 3. The third-order valence-corrected chi connectivity index (χ3v) is 8.19. The van der Waals surface area contributed by atoms with E-state index in [4.69, 9.17) is 14.2 Å². The van der Waals surface area contributed by atoms with E-state index in [1.807, 2.05) is 4.90 Å². The summed E-state index contributed by atoms with van der Waals surface area (Å²) in [5, 5.41) is 0. The smallest absolute Gasteiger partial charge is 0.254 e. The van der Waals surface area contributed by atoms with Crippen molar-refractivity contribution >= 4 is 11.8 Å². The molecular weight excluding hydrogens is 460 g/mol. The molecule has 1 aromatic rings. The average Bonchev–Trinajstić information content (AvgIpc) is 2.95. The molecule has 0 bridgehead atoms. The standard InChI is InChI=1S/C27H42N4O5/c1-5-28-14-16-31(17-15-28)26(32)20-6-10-29(11-7-20)22-8-12-30(13-9-22)27(33)21-18-23(34-2)25(36-4)24(19-21)35-3/h18-20,22H,5-17H2,1-4H3. The van der Waals surface area contributed by atoms with Crippen LogP contribution in [0.2, 0.25) is 0 Å². The highest BCUT2D eigenvalue weighted by Crippen LogP contribution is 2.38. The van der Waals surface area contributed by atoms with E-state index in [0.717, 1.165) is 84.6 Å². The second-order valence-corrected chi connectivity index (χ2v) is 10.0. The maximum absolute atomic E-state index is 13.2. The third kappa shape index (κ3) is 5.72. The number of hydrogen-bond donors (Lipinski definition) is 0. The van der Waals surface area contributed by atoms with Gasteiger partial charge < -0.3 is 33.8 Å². The Morgan fingerprint density at radius 1 is 0.778 bits per heavy atom. The fourth-order valence-electron chi connectivity index (χ4n) is 5.88. The van der Waals surface area contributed by atoms with Crippen molar-refractivity contribution in [3.8, 4) is 17.2 Å². The Bertz CT molecular complexity index is 876. The number of rotatable bonds is 7. The number of carbonyl (C=O) groups is 2. The van der Waals surface area contributed by atoms with Crippen molar-refractivity contribution < 1.29 is 23.8 Å². The van der Waals surface area contributed by atoms with Gasteiger partial charge in [0.2, 0.25) is 11.7 Å². The number of ether oxygens (including phenoxy) is 3. The van der Waals surface area contributed by atoms with Gasteiger partial charge in [0.05, 0.1) is 21.3 Å². The molecule has 3 heterocycles. The number of piperidine rings is 2. The summed E-state index contributed by atoms with van der Waals surface area (Å²) >= 11 is 0. The van der Waals surface area contributed by atoms with Gasteiger partial charge in [0.1, 0.15) is 0 Å². The number of carbonyl (C=O) groups excluding carboxylic acids is 2. The molecule has 3 aliphatic heterocycles. The van der Waals surface area contributed by atoms with Crippen molar-refractivity contribution in [3.63, 3.8) is 0 Å². The minimum atomic E-state index is -0.0137. The van der Waals surface area contributed by atoms with E-state index in [2.05, 4.69) is 21.6 Å². The normalized spacial score (nSPS) is 20.9. The van der Waals surface area contributed by atoms with Gasteiger partial charge >= 0.3 is 0 Å². The highest BCUT2D eigenvalue weighted by Gasteiger charge is 2.34. The molecule has 36 heavy (non-hydrogen) atoms. The molecule has 0 radical (unpaired) electrons. The van der Waals surface area contributed by atoms with Gasteiger partial charge in [-0.1, -0.05) is 6.92 Å². The summed E-state index contributed by atoms with van der Waals surface area (Å²) in [6.45, 7) is 10.4. The van der Waals surface area contributed by atoms with Gasteiger partial charge in [-0.2, -0.15) is 0 Å².